The summed E-state index contributed by atoms with van der Waals surface area (Å²) < 4.78 is 17.1. The molecule has 1 N–H and O–H groups in total. The van der Waals surface area contributed by atoms with Gasteiger partial charge in [-0.15, -0.1) is 0 Å². The van der Waals surface area contributed by atoms with Crippen LogP contribution in [0.5, 0.6) is 0 Å². The predicted octanol–water partition coefficient (Wildman–Crippen LogP) is 5.51. The Balaban J connectivity index is 2.53. The summed E-state index contributed by atoms with van der Waals surface area (Å²) in [4.78, 5) is 42.1. The predicted molar refractivity (Wildman–Crippen MR) is 150 cm³/mol. The van der Waals surface area contributed by atoms with Crippen LogP contribution >= 0.6 is 0 Å². The van der Waals surface area contributed by atoms with E-state index in [0.717, 1.165) is 16.1 Å². The van der Waals surface area contributed by atoms with Gasteiger partial charge < -0.3 is 19.1 Å². The molecule has 0 aliphatic carbocycles. The second-order valence-electron chi connectivity index (χ2n) is 11.6. The smallest absolute Gasteiger partial charge is 0.430 e. The molecule has 2 aromatic carbocycles. The monoisotopic (exact) mass is 541 g/mol. The highest BCUT2D eigenvalue weighted by molar-refractivity contribution is 5.84. The molecule has 0 saturated heterocycles. The van der Waals surface area contributed by atoms with E-state index in [-0.39, 0.29) is 12.5 Å². The van der Waals surface area contributed by atoms with Crippen LogP contribution in [0.25, 0.3) is 0 Å². The molecule has 0 radical (unpaired) electrons. The van der Waals surface area contributed by atoms with Crippen molar-refractivity contribution < 1.29 is 28.6 Å². The van der Waals surface area contributed by atoms with Crippen LogP contribution < -0.4 is 5.43 Å². The molecule has 39 heavy (non-hydrogen) atoms. The minimum absolute atomic E-state index is 0.0621. The van der Waals surface area contributed by atoms with Crippen LogP contribution in [0, 0.1) is 0 Å². The summed E-state index contributed by atoms with van der Waals surface area (Å²) in [5.74, 6) is -0.705. The zero-order chi connectivity index (χ0) is 29.4. The van der Waals surface area contributed by atoms with E-state index in [2.05, 4.69) is 5.43 Å². The average Bonchev–Trinajstić information content (AvgIpc) is 2.83. The highest BCUT2D eigenvalue weighted by atomic mass is 16.6. The molecule has 2 rings (SSSR count). The molecule has 0 aliphatic heterocycles. The number of hydrogen-bond acceptors (Lipinski definition) is 7. The van der Waals surface area contributed by atoms with Crippen LogP contribution in [0.2, 0.25) is 0 Å². The number of hydrogen-bond donors (Lipinski definition) is 1. The molecule has 9 heteroatoms. The normalized spacial score (nSPS) is 14.1. The quantitative estimate of drug-likeness (QED) is 0.267. The molecule has 0 saturated carbocycles. The molecule has 3 atom stereocenters. The fraction of sp³-hybridized carbons (Fsp3) is 0.500. The van der Waals surface area contributed by atoms with Crippen molar-refractivity contribution in [3.63, 3.8) is 0 Å². The van der Waals surface area contributed by atoms with E-state index in [1.807, 2.05) is 86.6 Å². The zero-order valence-electron chi connectivity index (χ0n) is 24.6. The molecule has 0 fully saturated rings. The van der Waals surface area contributed by atoms with Crippen molar-refractivity contribution in [1.29, 1.82) is 0 Å². The number of hydrazine groups is 1. The first-order valence-electron chi connectivity index (χ1n) is 13.0. The van der Waals surface area contributed by atoms with Gasteiger partial charge in [-0.3, -0.25) is 0 Å². The maximum absolute atomic E-state index is 14.0. The van der Waals surface area contributed by atoms with Gasteiger partial charge in [0.1, 0.15) is 17.3 Å². The zero-order valence-corrected chi connectivity index (χ0v) is 24.6. The number of nitrogens with zero attached hydrogens (tertiary/aromatic N) is 2. The molecule has 214 valence electrons. The summed E-state index contributed by atoms with van der Waals surface area (Å²) in [5.41, 5.74) is 2.28. The van der Waals surface area contributed by atoms with Gasteiger partial charge in [0, 0.05) is 12.5 Å². The number of nitrogens with one attached hydrogen (secondary N) is 1. The number of ether oxygens (including phenoxy) is 3. The first-order chi connectivity index (χ1) is 18.1. The maximum atomic E-state index is 14.0. The lowest BCUT2D eigenvalue weighted by Crippen LogP contribution is -2.58. The molecule has 0 spiro atoms. The van der Waals surface area contributed by atoms with Gasteiger partial charge in [0.05, 0.1) is 0 Å². The fourth-order valence-corrected chi connectivity index (χ4v) is 3.64. The van der Waals surface area contributed by atoms with Crippen LogP contribution in [0.1, 0.15) is 65.7 Å². The first-order valence-corrected chi connectivity index (χ1v) is 13.0. The van der Waals surface area contributed by atoms with Crippen molar-refractivity contribution in [3.05, 3.63) is 71.8 Å². The van der Waals surface area contributed by atoms with Crippen molar-refractivity contribution in [1.82, 2.24) is 15.3 Å². The molecular weight excluding hydrogens is 498 g/mol. The van der Waals surface area contributed by atoms with Crippen LogP contribution in [-0.4, -0.2) is 65.4 Å². The summed E-state index contributed by atoms with van der Waals surface area (Å²) in [6.45, 7) is 12.1. The third kappa shape index (κ3) is 10.6. The molecule has 2 aromatic rings. The lowest BCUT2D eigenvalue weighted by Gasteiger charge is -2.35. The molecule has 9 nitrogen and oxygen atoms in total. The number of rotatable bonds is 8. The van der Waals surface area contributed by atoms with Gasteiger partial charge in [-0.25, -0.2) is 24.8 Å². The van der Waals surface area contributed by atoms with E-state index in [1.165, 1.54) is 0 Å². The van der Waals surface area contributed by atoms with Crippen molar-refractivity contribution in [2.45, 2.75) is 84.3 Å². The minimum atomic E-state index is -1.25. The van der Waals surface area contributed by atoms with Crippen LogP contribution in [0.4, 0.5) is 9.59 Å². The summed E-state index contributed by atoms with van der Waals surface area (Å²) in [6, 6.07) is 17.1. The van der Waals surface area contributed by atoms with Crippen molar-refractivity contribution in [2.24, 2.45) is 0 Å². The largest absolute Gasteiger partial charge is 0.454 e. The molecule has 0 bridgehead atoms. The van der Waals surface area contributed by atoms with E-state index >= 15 is 0 Å². The Morgan fingerprint density at radius 1 is 0.821 bits per heavy atom. The SMILES string of the molecule is C[C@@H]([C@H](OC(=O)[C@H](Cc1ccccc1)N(NC(=O)OC(C)(C)C)C(=O)OC(C)(C)C)c1ccccc1)N(C)C. The van der Waals surface area contributed by atoms with Gasteiger partial charge >= 0.3 is 18.2 Å². The summed E-state index contributed by atoms with van der Waals surface area (Å²) in [6.07, 6.45) is -2.40. The van der Waals surface area contributed by atoms with Gasteiger partial charge in [0.2, 0.25) is 0 Å². The summed E-state index contributed by atoms with van der Waals surface area (Å²) in [5, 5.41) is 0.872. The van der Waals surface area contributed by atoms with Gasteiger partial charge in [-0.2, -0.15) is 0 Å². The number of esters is 1. The van der Waals surface area contributed by atoms with Gasteiger partial charge in [-0.05, 0) is 73.7 Å². The highest BCUT2D eigenvalue weighted by Crippen LogP contribution is 2.26. The maximum Gasteiger partial charge on any atom is 0.430 e. The number of likely N-dealkylation sites (N-methyl/N-ethyl adjacent to an activating group) is 1. The van der Waals surface area contributed by atoms with Crippen LogP contribution in [0.3, 0.4) is 0 Å². The van der Waals surface area contributed by atoms with E-state index < -0.39 is 41.5 Å². The Bertz CT molecular complexity index is 1080. The lowest BCUT2D eigenvalue weighted by atomic mass is 10.0. The average molecular weight is 542 g/mol. The molecule has 0 unspecified atom stereocenters. The van der Waals surface area contributed by atoms with Gasteiger partial charge in [-0.1, -0.05) is 60.7 Å². The molecule has 0 aliphatic rings. The molecule has 0 heterocycles. The van der Waals surface area contributed by atoms with Crippen molar-refractivity contribution in [2.75, 3.05) is 14.1 Å². The second kappa shape index (κ2) is 13.5. The van der Waals surface area contributed by atoms with E-state index in [0.29, 0.717) is 0 Å². The second-order valence-corrected chi connectivity index (χ2v) is 11.6. The number of carbonyl (C=O) groups excluding carboxylic acids is 3. The van der Waals surface area contributed by atoms with Crippen LogP contribution in [0.15, 0.2) is 60.7 Å². The molecule has 2 amide bonds. The Morgan fingerprint density at radius 2 is 1.33 bits per heavy atom. The standard InChI is InChI=1S/C30H43N3O6/c1-21(32(8)9)25(23-18-14-11-15-19-23)37-26(34)24(20-22-16-12-10-13-17-22)33(28(36)39-30(5,6)7)31-27(35)38-29(2,3)4/h10-19,21,24-25H,20H2,1-9H3,(H,31,35)/t21-,24-,25-/m0/s1. The summed E-state index contributed by atoms with van der Waals surface area (Å²) in [7, 11) is 3.79. The topological polar surface area (TPSA) is 97.4 Å². The highest BCUT2D eigenvalue weighted by Gasteiger charge is 2.39. The third-order valence-electron chi connectivity index (χ3n) is 5.68. The van der Waals surface area contributed by atoms with E-state index in [4.69, 9.17) is 14.2 Å². The number of benzene rings is 2. The Labute approximate surface area is 232 Å². The van der Waals surface area contributed by atoms with E-state index in [9.17, 15) is 14.4 Å². The fourth-order valence-electron chi connectivity index (χ4n) is 3.64. The number of amides is 2. The third-order valence-corrected chi connectivity index (χ3v) is 5.68. The van der Waals surface area contributed by atoms with E-state index in [1.54, 1.807) is 41.5 Å². The molecule has 0 aromatic heterocycles. The first kappa shape index (κ1) is 31.6. The number of carbonyl (C=O) groups is 3. The van der Waals surface area contributed by atoms with Gasteiger partial charge in [0.25, 0.3) is 0 Å². The minimum Gasteiger partial charge on any atom is -0.454 e. The van der Waals surface area contributed by atoms with Gasteiger partial charge in [0.15, 0.2) is 6.04 Å². The van der Waals surface area contributed by atoms with Crippen LogP contribution in [-0.2, 0) is 25.4 Å². The van der Waals surface area contributed by atoms with Crippen molar-refractivity contribution in [3.8, 4) is 0 Å². The Kier molecular flexibility index (Phi) is 10.9. The lowest BCUT2D eigenvalue weighted by molar-refractivity contribution is -0.160. The van der Waals surface area contributed by atoms with Crippen molar-refractivity contribution >= 4 is 18.2 Å². The summed E-state index contributed by atoms with van der Waals surface area (Å²) >= 11 is 0. The Morgan fingerprint density at radius 3 is 1.82 bits per heavy atom. The molecular formula is C30H43N3O6. The Hall–Kier alpha value is -3.59.